The molecule has 198 valence electrons. The fourth-order valence-corrected chi connectivity index (χ4v) is 5.04. The molecule has 0 radical (unpaired) electrons. The summed E-state index contributed by atoms with van der Waals surface area (Å²) in [5.41, 5.74) is 5.10. The van der Waals surface area contributed by atoms with E-state index < -0.39 is 9.84 Å². The number of nitrogens with zero attached hydrogens (tertiary/aromatic N) is 1. The highest BCUT2D eigenvalue weighted by Crippen LogP contribution is 2.27. The second kappa shape index (κ2) is 11.3. The average Bonchev–Trinajstić information content (AvgIpc) is 3.18. The maximum absolute atomic E-state index is 13.9. The van der Waals surface area contributed by atoms with Crippen LogP contribution in [-0.2, 0) is 27.6 Å². The number of nitrogens with one attached hydrogen (secondary N) is 1. The molecule has 0 bridgehead atoms. The zero-order valence-corrected chi connectivity index (χ0v) is 22.7. The molecular weight excluding hydrogens is 503 g/mol. The molecule has 0 aliphatic heterocycles. The van der Waals surface area contributed by atoms with E-state index in [0.29, 0.717) is 30.0 Å². The predicted octanol–water partition coefficient (Wildman–Crippen LogP) is 6.04. The van der Waals surface area contributed by atoms with Gasteiger partial charge in [0, 0.05) is 35.4 Å². The number of halogens is 1. The molecule has 4 aromatic rings. The normalized spacial score (nSPS) is 12.3. The zero-order chi connectivity index (χ0) is 27.4. The number of sulfone groups is 1. The Morgan fingerprint density at radius 3 is 2.32 bits per heavy atom. The molecule has 1 N–H and O–H groups in total. The lowest BCUT2D eigenvalue weighted by Gasteiger charge is -2.18. The first-order chi connectivity index (χ1) is 18.0. The van der Waals surface area contributed by atoms with Gasteiger partial charge in [0.2, 0.25) is 0 Å². The first-order valence-electron chi connectivity index (χ1n) is 12.3. The second-order valence-electron chi connectivity index (χ2n) is 9.46. The number of amides is 1. The predicted molar refractivity (Wildman–Crippen MR) is 147 cm³/mol. The van der Waals surface area contributed by atoms with Crippen molar-refractivity contribution in [1.29, 1.82) is 0 Å². The highest BCUT2D eigenvalue weighted by molar-refractivity contribution is 7.90. The van der Waals surface area contributed by atoms with Crippen LogP contribution in [0.15, 0.2) is 83.8 Å². The number of hydrogen-bond acceptors (Lipinski definition) is 4. The van der Waals surface area contributed by atoms with Crippen LogP contribution in [0.5, 0.6) is 0 Å². The Morgan fingerprint density at radius 1 is 1.00 bits per heavy atom. The van der Waals surface area contributed by atoms with Crippen molar-refractivity contribution in [3.05, 3.63) is 113 Å². The molecule has 0 saturated carbocycles. The van der Waals surface area contributed by atoms with Gasteiger partial charge in [0.05, 0.1) is 23.2 Å². The van der Waals surface area contributed by atoms with Crippen LogP contribution in [-0.4, -0.2) is 31.3 Å². The van der Waals surface area contributed by atoms with Gasteiger partial charge in [-0.2, -0.15) is 0 Å². The Morgan fingerprint density at radius 2 is 1.68 bits per heavy atom. The van der Waals surface area contributed by atoms with E-state index in [9.17, 15) is 17.6 Å². The van der Waals surface area contributed by atoms with Crippen molar-refractivity contribution in [3.8, 4) is 5.69 Å². The monoisotopic (exact) mass is 534 g/mol. The Hall–Kier alpha value is -3.75. The Labute approximate surface area is 223 Å². The van der Waals surface area contributed by atoms with Crippen LogP contribution in [0.4, 0.5) is 10.1 Å². The van der Waals surface area contributed by atoms with E-state index in [1.54, 1.807) is 18.2 Å². The summed E-state index contributed by atoms with van der Waals surface area (Å²) >= 11 is 0. The Bertz CT molecular complexity index is 1550. The van der Waals surface area contributed by atoms with E-state index in [-0.39, 0.29) is 22.7 Å². The molecular formula is C30H31FN2O4S. The molecule has 4 rings (SSSR count). The number of rotatable bonds is 9. The van der Waals surface area contributed by atoms with E-state index in [0.717, 1.165) is 28.8 Å². The van der Waals surface area contributed by atoms with Gasteiger partial charge in [0.25, 0.3) is 5.91 Å². The standard InChI is InChI=1S/C30H31FN2O4S/c1-20-16-24(31)10-15-29(20)33-22(3)28(30(34)32-25-11-13-27(14-12-25)38(4,35)36)18-26(33)17-21(2)37-19-23-8-6-5-7-9-23/h5-16,18,21H,17,19H2,1-4H3,(H,32,34)/t21-/m0/s1. The minimum Gasteiger partial charge on any atom is -0.373 e. The summed E-state index contributed by atoms with van der Waals surface area (Å²) < 4.78 is 45.4. The molecule has 1 aromatic heterocycles. The van der Waals surface area contributed by atoms with Crippen molar-refractivity contribution in [2.24, 2.45) is 0 Å². The molecule has 8 heteroatoms. The average molecular weight is 535 g/mol. The first-order valence-corrected chi connectivity index (χ1v) is 14.2. The van der Waals surface area contributed by atoms with Crippen molar-refractivity contribution >= 4 is 21.4 Å². The smallest absolute Gasteiger partial charge is 0.257 e. The number of ether oxygens (including phenoxy) is 1. The van der Waals surface area contributed by atoms with Gasteiger partial charge in [-0.05, 0) is 80.4 Å². The van der Waals surface area contributed by atoms with Gasteiger partial charge in [0.1, 0.15) is 5.82 Å². The van der Waals surface area contributed by atoms with Crippen LogP contribution in [0.1, 0.15) is 39.8 Å². The largest absolute Gasteiger partial charge is 0.373 e. The third-order valence-corrected chi connectivity index (χ3v) is 7.51. The lowest BCUT2D eigenvalue weighted by molar-refractivity contribution is 0.0526. The number of anilines is 1. The van der Waals surface area contributed by atoms with E-state index in [4.69, 9.17) is 4.74 Å². The van der Waals surface area contributed by atoms with Crippen molar-refractivity contribution < 1.29 is 22.3 Å². The minimum atomic E-state index is -3.34. The van der Waals surface area contributed by atoms with E-state index in [1.807, 2.05) is 61.7 Å². The van der Waals surface area contributed by atoms with Crippen LogP contribution in [0.25, 0.3) is 5.69 Å². The van der Waals surface area contributed by atoms with Gasteiger partial charge in [-0.25, -0.2) is 12.8 Å². The fraction of sp³-hybridized carbons (Fsp3) is 0.233. The van der Waals surface area contributed by atoms with Crippen molar-refractivity contribution in [3.63, 3.8) is 0 Å². The summed E-state index contributed by atoms with van der Waals surface area (Å²) in [5.74, 6) is -0.653. The number of aromatic nitrogens is 1. The topological polar surface area (TPSA) is 77.4 Å². The van der Waals surface area contributed by atoms with Crippen molar-refractivity contribution in [2.75, 3.05) is 11.6 Å². The minimum absolute atomic E-state index is 0.150. The van der Waals surface area contributed by atoms with Crippen LogP contribution in [0.2, 0.25) is 0 Å². The van der Waals surface area contributed by atoms with Gasteiger partial charge < -0.3 is 14.6 Å². The number of benzene rings is 3. The summed E-state index contributed by atoms with van der Waals surface area (Å²) in [6.07, 6.45) is 1.51. The van der Waals surface area contributed by atoms with Gasteiger partial charge in [-0.3, -0.25) is 4.79 Å². The highest BCUT2D eigenvalue weighted by atomic mass is 32.2. The molecule has 0 spiro atoms. The summed E-state index contributed by atoms with van der Waals surface area (Å²) in [6, 6.07) is 22.4. The highest BCUT2D eigenvalue weighted by Gasteiger charge is 2.21. The quantitative estimate of drug-likeness (QED) is 0.284. The number of carbonyl (C=O) groups is 1. The van der Waals surface area contributed by atoms with Gasteiger partial charge in [-0.1, -0.05) is 30.3 Å². The number of hydrogen-bond donors (Lipinski definition) is 1. The lowest BCUT2D eigenvalue weighted by Crippen LogP contribution is -2.15. The number of carbonyl (C=O) groups excluding carboxylic acids is 1. The van der Waals surface area contributed by atoms with Crippen LogP contribution >= 0.6 is 0 Å². The van der Waals surface area contributed by atoms with E-state index >= 15 is 0 Å². The van der Waals surface area contributed by atoms with E-state index in [2.05, 4.69) is 5.32 Å². The van der Waals surface area contributed by atoms with Gasteiger partial charge in [-0.15, -0.1) is 0 Å². The van der Waals surface area contributed by atoms with Gasteiger partial charge in [0.15, 0.2) is 9.84 Å². The maximum Gasteiger partial charge on any atom is 0.257 e. The molecule has 1 atom stereocenters. The van der Waals surface area contributed by atoms with Crippen LogP contribution in [0.3, 0.4) is 0 Å². The fourth-order valence-electron chi connectivity index (χ4n) is 4.41. The SMILES string of the molecule is Cc1cc(F)ccc1-n1c(C[C@H](C)OCc2ccccc2)cc(C(=O)Nc2ccc(S(C)(=O)=O)cc2)c1C. The molecule has 6 nitrogen and oxygen atoms in total. The first kappa shape index (κ1) is 27.3. The van der Waals surface area contributed by atoms with E-state index in [1.165, 1.54) is 24.3 Å². The second-order valence-corrected chi connectivity index (χ2v) is 11.5. The molecule has 0 saturated heterocycles. The van der Waals surface area contributed by atoms with Crippen LogP contribution in [0, 0.1) is 19.7 Å². The molecule has 38 heavy (non-hydrogen) atoms. The summed E-state index contributed by atoms with van der Waals surface area (Å²) in [5, 5.41) is 2.86. The number of aryl methyl sites for hydroxylation is 1. The molecule has 0 fully saturated rings. The van der Waals surface area contributed by atoms with Crippen molar-refractivity contribution in [2.45, 2.75) is 44.8 Å². The molecule has 3 aromatic carbocycles. The Balaban J connectivity index is 1.63. The summed E-state index contributed by atoms with van der Waals surface area (Å²) in [4.78, 5) is 13.5. The molecule has 1 amide bonds. The Kier molecular flexibility index (Phi) is 8.14. The summed E-state index contributed by atoms with van der Waals surface area (Å²) in [7, 11) is -3.34. The summed E-state index contributed by atoms with van der Waals surface area (Å²) in [6.45, 7) is 6.13. The molecule has 1 heterocycles. The maximum atomic E-state index is 13.9. The van der Waals surface area contributed by atoms with Crippen LogP contribution < -0.4 is 5.32 Å². The van der Waals surface area contributed by atoms with Crippen molar-refractivity contribution in [1.82, 2.24) is 4.57 Å². The molecule has 0 aliphatic rings. The molecule has 0 unspecified atom stereocenters. The van der Waals surface area contributed by atoms with Gasteiger partial charge >= 0.3 is 0 Å². The third kappa shape index (κ3) is 6.38. The molecule has 0 aliphatic carbocycles. The lowest BCUT2D eigenvalue weighted by atomic mass is 10.1. The zero-order valence-electron chi connectivity index (χ0n) is 21.9. The third-order valence-electron chi connectivity index (χ3n) is 6.38.